The maximum absolute atomic E-state index is 4.71. The molecule has 0 saturated heterocycles. The lowest BCUT2D eigenvalue weighted by molar-refractivity contribution is 0.417. The Morgan fingerprint density at radius 3 is 2.24 bits per heavy atom. The van der Waals surface area contributed by atoms with E-state index in [-0.39, 0.29) is 0 Å². The lowest BCUT2D eigenvalue weighted by Crippen LogP contribution is -2.22. The van der Waals surface area contributed by atoms with Gasteiger partial charge in [0.1, 0.15) is 0 Å². The van der Waals surface area contributed by atoms with Crippen LogP contribution in [0.3, 0.4) is 0 Å². The fraction of sp³-hybridized carbons (Fsp3) is 0.786. The zero-order chi connectivity index (χ0) is 13.0. The zero-order valence-corrected chi connectivity index (χ0v) is 12.2. The molecule has 0 aliphatic rings. The topological polar surface area (TPSA) is 29.9 Å². The summed E-state index contributed by atoms with van der Waals surface area (Å²) in [5.74, 6) is 0. The van der Waals surface area contributed by atoms with Crippen molar-refractivity contribution in [1.82, 2.24) is 15.1 Å². The molecule has 0 saturated carbocycles. The molecule has 0 fully saturated rings. The van der Waals surface area contributed by atoms with Crippen molar-refractivity contribution in [2.75, 3.05) is 0 Å². The Kier molecular flexibility index (Phi) is 5.19. The SMILES string of the molecule is CCC(CC)n1nc(C)c(CNC(C)C)c1C. The smallest absolute Gasteiger partial charge is 0.0641 e. The van der Waals surface area contributed by atoms with Gasteiger partial charge < -0.3 is 5.32 Å². The molecule has 0 amide bonds. The summed E-state index contributed by atoms with van der Waals surface area (Å²) in [5, 5.41) is 8.19. The molecule has 0 aromatic carbocycles. The second-order valence-corrected chi connectivity index (χ2v) is 5.10. The van der Waals surface area contributed by atoms with E-state index < -0.39 is 0 Å². The first-order valence-electron chi connectivity index (χ1n) is 6.79. The summed E-state index contributed by atoms with van der Waals surface area (Å²) in [5.41, 5.74) is 3.86. The standard InChI is InChI=1S/C14H27N3/c1-7-13(8-2)17-12(6)14(11(5)16-17)9-15-10(3)4/h10,13,15H,7-9H2,1-6H3. The van der Waals surface area contributed by atoms with Crippen LogP contribution in [-0.2, 0) is 6.54 Å². The Labute approximate surface area is 106 Å². The highest BCUT2D eigenvalue weighted by Crippen LogP contribution is 2.21. The highest BCUT2D eigenvalue weighted by Gasteiger charge is 2.16. The van der Waals surface area contributed by atoms with Crippen LogP contribution in [0.4, 0.5) is 0 Å². The predicted octanol–water partition coefficient (Wildman–Crippen LogP) is 3.36. The van der Waals surface area contributed by atoms with Crippen LogP contribution < -0.4 is 5.32 Å². The van der Waals surface area contributed by atoms with Gasteiger partial charge in [-0.2, -0.15) is 5.10 Å². The third-order valence-corrected chi connectivity index (χ3v) is 3.45. The summed E-state index contributed by atoms with van der Waals surface area (Å²) in [6, 6.07) is 1.06. The monoisotopic (exact) mass is 237 g/mol. The predicted molar refractivity (Wildman–Crippen MR) is 73.3 cm³/mol. The minimum absolute atomic E-state index is 0.519. The van der Waals surface area contributed by atoms with Gasteiger partial charge in [-0.05, 0) is 26.7 Å². The molecule has 1 aromatic heterocycles. The molecule has 3 heteroatoms. The molecule has 17 heavy (non-hydrogen) atoms. The van der Waals surface area contributed by atoms with Crippen molar-refractivity contribution >= 4 is 0 Å². The fourth-order valence-electron chi connectivity index (χ4n) is 2.25. The first-order chi connectivity index (χ1) is 8.01. The fourth-order valence-corrected chi connectivity index (χ4v) is 2.25. The highest BCUT2D eigenvalue weighted by molar-refractivity contribution is 5.24. The molecule has 1 aromatic rings. The molecule has 3 nitrogen and oxygen atoms in total. The third kappa shape index (κ3) is 3.32. The van der Waals surface area contributed by atoms with Gasteiger partial charge in [0, 0.05) is 23.8 Å². The van der Waals surface area contributed by atoms with Crippen molar-refractivity contribution in [3.8, 4) is 0 Å². The number of aromatic nitrogens is 2. The highest BCUT2D eigenvalue weighted by atomic mass is 15.3. The Balaban J connectivity index is 2.92. The summed E-state index contributed by atoms with van der Waals surface area (Å²) >= 11 is 0. The average Bonchev–Trinajstić information content (AvgIpc) is 2.54. The second kappa shape index (κ2) is 6.20. The minimum atomic E-state index is 0.519. The van der Waals surface area contributed by atoms with Gasteiger partial charge in [0.05, 0.1) is 11.7 Å². The van der Waals surface area contributed by atoms with E-state index in [0.29, 0.717) is 12.1 Å². The van der Waals surface area contributed by atoms with Gasteiger partial charge >= 0.3 is 0 Å². The third-order valence-electron chi connectivity index (χ3n) is 3.45. The molecule has 1 rings (SSSR count). The summed E-state index contributed by atoms with van der Waals surface area (Å²) in [6.45, 7) is 14.0. The van der Waals surface area contributed by atoms with E-state index in [2.05, 4.69) is 51.5 Å². The molecular formula is C14H27N3. The molecule has 98 valence electrons. The van der Waals surface area contributed by atoms with E-state index in [4.69, 9.17) is 5.10 Å². The van der Waals surface area contributed by atoms with Crippen LogP contribution in [0.2, 0.25) is 0 Å². The molecule has 0 aliphatic carbocycles. The molecular weight excluding hydrogens is 210 g/mol. The first-order valence-corrected chi connectivity index (χ1v) is 6.79. The van der Waals surface area contributed by atoms with Gasteiger partial charge in [-0.1, -0.05) is 27.7 Å². The molecule has 1 heterocycles. The van der Waals surface area contributed by atoms with Crippen LogP contribution in [0, 0.1) is 13.8 Å². The van der Waals surface area contributed by atoms with Crippen molar-refractivity contribution in [3.05, 3.63) is 17.0 Å². The number of nitrogens with one attached hydrogen (secondary N) is 1. The van der Waals surface area contributed by atoms with E-state index in [9.17, 15) is 0 Å². The number of rotatable bonds is 6. The minimum Gasteiger partial charge on any atom is -0.310 e. The number of nitrogens with zero attached hydrogens (tertiary/aromatic N) is 2. The first kappa shape index (κ1) is 14.2. The maximum atomic E-state index is 4.71. The molecule has 0 unspecified atom stereocenters. The zero-order valence-electron chi connectivity index (χ0n) is 12.2. The lowest BCUT2D eigenvalue weighted by atomic mass is 10.1. The molecule has 0 atom stereocenters. The second-order valence-electron chi connectivity index (χ2n) is 5.10. The van der Waals surface area contributed by atoms with Gasteiger partial charge in [0.2, 0.25) is 0 Å². The summed E-state index contributed by atoms with van der Waals surface area (Å²) < 4.78 is 2.21. The van der Waals surface area contributed by atoms with Crippen molar-refractivity contribution in [1.29, 1.82) is 0 Å². The van der Waals surface area contributed by atoms with Crippen LogP contribution >= 0.6 is 0 Å². The van der Waals surface area contributed by atoms with Crippen molar-refractivity contribution in [3.63, 3.8) is 0 Å². The van der Waals surface area contributed by atoms with E-state index in [1.807, 2.05) is 0 Å². The molecule has 0 spiro atoms. The molecule has 1 N–H and O–H groups in total. The Bertz CT molecular complexity index is 349. The quantitative estimate of drug-likeness (QED) is 0.822. The normalized spacial score (nSPS) is 11.8. The largest absolute Gasteiger partial charge is 0.310 e. The van der Waals surface area contributed by atoms with Crippen LogP contribution in [0.25, 0.3) is 0 Å². The van der Waals surface area contributed by atoms with E-state index >= 15 is 0 Å². The Morgan fingerprint density at radius 1 is 1.18 bits per heavy atom. The van der Waals surface area contributed by atoms with E-state index in [1.54, 1.807) is 0 Å². The summed E-state index contributed by atoms with van der Waals surface area (Å²) in [7, 11) is 0. The molecule has 0 radical (unpaired) electrons. The van der Waals surface area contributed by atoms with Crippen LogP contribution in [-0.4, -0.2) is 15.8 Å². The van der Waals surface area contributed by atoms with Crippen molar-refractivity contribution in [2.45, 2.75) is 73.0 Å². The lowest BCUT2D eigenvalue weighted by Gasteiger charge is -2.15. The number of hydrogen-bond acceptors (Lipinski definition) is 2. The van der Waals surface area contributed by atoms with Gasteiger partial charge in [-0.15, -0.1) is 0 Å². The molecule has 0 aliphatic heterocycles. The average molecular weight is 237 g/mol. The van der Waals surface area contributed by atoms with Crippen LogP contribution in [0.5, 0.6) is 0 Å². The van der Waals surface area contributed by atoms with Gasteiger partial charge in [-0.3, -0.25) is 4.68 Å². The van der Waals surface area contributed by atoms with Crippen molar-refractivity contribution < 1.29 is 0 Å². The van der Waals surface area contributed by atoms with Gasteiger partial charge in [-0.25, -0.2) is 0 Å². The maximum Gasteiger partial charge on any atom is 0.0641 e. The van der Waals surface area contributed by atoms with Gasteiger partial charge in [0.25, 0.3) is 0 Å². The number of hydrogen-bond donors (Lipinski definition) is 1. The van der Waals surface area contributed by atoms with Crippen LogP contribution in [0.15, 0.2) is 0 Å². The van der Waals surface area contributed by atoms with E-state index in [0.717, 1.165) is 19.4 Å². The number of aryl methyl sites for hydroxylation is 1. The van der Waals surface area contributed by atoms with E-state index in [1.165, 1.54) is 17.0 Å². The summed E-state index contributed by atoms with van der Waals surface area (Å²) in [4.78, 5) is 0. The van der Waals surface area contributed by atoms with Crippen molar-refractivity contribution in [2.24, 2.45) is 0 Å². The molecule has 0 bridgehead atoms. The van der Waals surface area contributed by atoms with Crippen LogP contribution in [0.1, 0.15) is 63.5 Å². The summed E-state index contributed by atoms with van der Waals surface area (Å²) in [6.07, 6.45) is 2.30. The Hall–Kier alpha value is -0.830. The van der Waals surface area contributed by atoms with Gasteiger partial charge in [0.15, 0.2) is 0 Å². The Morgan fingerprint density at radius 2 is 1.76 bits per heavy atom.